The average Bonchev–Trinajstić information content (AvgIpc) is 3.14. The van der Waals surface area contributed by atoms with Gasteiger partial charge in [0.25, 0.3) is 5.91 Å². The Balaban J connectivity index is 1.50. The van der Waals surface area contributed by atoms with Crippen molar-refractivity contribution in [1.29, 1.82) is 0 Å². The summed E-state index contributed by atoms with van der Waals surface area (Å²) in [6.07, 6.45) is 1.76. The number of hydrogen-bond donors (Lipinski definition) is 2. The number of amides is 1. The molecule has 8 heteroatoms. The fourth-order valence-electron chi connectivity index (χ4n) is 3.10. The van der Waals surface area contributed by atoms with Gasteiger partial charge in [-0.25, -0.2) is 4.39 Å². The van der Waals surface area contributed by atoms with Crippen molar-refractivity contribution < 1.29 is 18.7 Å². The smallest absolute Gasteiger partial charge is 0.260 e. The van der Waals surface area contributed by atoms with E-state index in [-0.39, 0.29) is 11.7 Å². The van der Waals surface area contributed by atoms with Crippen LogP contribution in [0.4, 0.5) is 10.1 Å². The van der Waals surface area contributed by atoms with Crippen molar-refractivity contribution >= 4 is 45.4 Å². The molecule has 0 aliphatic carbocycles. The summed E-state index contributed by atoms with van der Waals surface area (Å²) in [4.78, 5) is 13.0. The van der Waals surface area contributed by atoms with Crippen molar-refractivity contribution in [3.8, 4) is 11.5 Å². The van der Waals surface area contributed by atoms with E-state index in [1.165, 1.54) is 17.8 Å². The van der Waals surface area contributed by atoms with Crippen molar-refractivity contribution in [3.05, 3.63) is 93.1 Å². The van der Waals surface area contributed by atoms with E-state index in [1.807, 2.05) is 42.5 Å². The molecule has 3 aromatic carbocycles. The van der Waals surface area contributed by atoms with Gasteiger partial charge in [-0.1, -0.05) is 70.2 Å². The molecule has 3 aromatic rings. The van der Waals surface area contributed by atoms with E-state index in [0.29, 0.717) is 28.7 Å². The summed E-state index contributed by atoms with van der Waals surface area (Å²) in [7, 11) is 1.57. The van der Waals surface area contributed by atoms with Crippen molar-refractivity contribution in [1.82, 2.24) is 5.32 Å². The van der Waals surface area contributed by atoms with Crippen molar-refractivity contribution in [2.45, 2.75) is 12.1 Å². The van der Waals surface area contributed by atoms with Gasteiger partial charge in [0, 0.05) is 4.47 Å². The van der Waals surface area contributed by atoms with Gasteiger partial charge in [0.1, 0.15) is 12.4 Å². The number of carbonyl (C=O) groups is 1. The van der Waals surface area contributed by atoms with Crippen LogP contribution in [0.25, 0.3) is 6.08 Å². The Labute approximate surface area is 198 Å². The van der Waals surface area contributed by atoms with Crippen LogP contribution in [0.1, 0.15) is 11.1 Å². The normalized spacial score (nSPS) is 16.7. The van der Waals surface area contributed by atoms with Crippen LogP contribution in [0, 0.1) is 5.82 Å². The molecule has 1 aliphatic rings. The van der Waals surface area contributed by atoms with Crippen LogP contribution >= 0.6 is 27.7 Å². The zero-order chi connectivity index (χ0) is 22.5. The van der Waals surface area contributed by atoms with Crippen LogP contribution in [0.15, 0.2) is 76.1 Å². The largest absolute Gasteiger partial charge is 0.493 e. The summed E-state index contributed by atoms with van der Waals surface area (Å²) >= 11 is 4.84. The minimum Gasteiger partial charge on any atom is -0.493 e. The van der Waals surface area contributed by atoms with Gasteiger partial charge < -0.3 is 20.1 Å². The number of methoxy groups -OCH3 is 1. The lowest BCUT2D eigenvalue weighted by molar-refractivity contribution is -0.116. The number of carbonyl (C=O) groups excluding carboxylic acids is 1. The first-order valence-corrected chi connectivity index (χ1v) is 11.5. The predicted octanol–water partition coefficient (Wildman–Crippen LogP) is 5.78. The summed E-state index contributed by atoms with van der Waals surface area (Å²) in [5, 5.41) is 5.80. The van der Waals surface area contributed by atoms with Crippen LogP contribution in [0.3, 0.4) is 0 Å². The molecule has 1 saturated heterocycles. The number of para-hydroxylation sites is 1. The van der Waals surface area contributed by atoms with Crippen molar-refractivity contribution in [3.63, 3.8) is 0 Å². The van der Waals surface area contributed by atoms with E-state index in [0.717, 1.165) is 15.6 Å². The molecule has 1 aliphatic heterocycles. The fraction of sp³-hybridized carbons (Fsp3) is 0.125. The van der Waals surface area contributed by atoms with Crippen molar-refractivity contribution in [2.24, 2.45) is 0 Å². The zero-order valence-electron chi connectivity index (χ0n) is 17.1. The van der Waals surface area contributed by atoms with Crippen LogP contribution in [-0.4, -0.2) is 18.5 Å². The van der Waals surface area contributed by atoms with E-state index in [2.05, 4.69) is 26.6 Å². The highest BCUT2D eigenvalue weighted by molar-refractivity contribution is 9.10. The number of halogens is 2. The maximum atomic E-state index is 13.9. The molecule has 1 unspecified atom stereocenters. The van der Waals surface area contributed by atoms with E-state index in [4.69, 9.17) is 9.47 Å². The molecule has 32 heavy (non-hydrogen) atoms. The molecule has 2 N–H and O–H groups in total. The van der Waals surface area contributed by atoms with Crippen molar-refractivity contribution in [2.75, 3.05) is 12.4 Å². The highest BCUT2D eigenvalue weighted by Crippen LogP contribution is 2.37. The fourth-order valence-corrected chi connectivity index (χ4v) is 4.50. The standard InChI is InChI=1S/C24H20BrFN2O3S/c1-30-20-11-16(17(25)13-21(20)31-14-15-7-3-2-4-8-15)12-22-23(29)28-24(32-22)27-19-10-6-5-9-18(19)26/h2-13,24,27H,14H2,1H3,(H,28,29)/b22-12-. The third-order valence-corrected chi connectivity index (χ3v) is 6.41. The number of ether oxygens (including phenoxy) is 2. The van der Waals surface area contributed by atoms with Gasteiger partial charge in [-0.3, -0.25) is 4.79 Å². The van der Waals surface area contributed by atoms with E-state index in [9.17, 15) is 9.18 Å². The third-order valence-electron chi connectivity index (χ3n) is 4.70. The van der Waals surface area contributed by atoms with Gasteiger partial charge in [0.15, 0.2) is 17.0 Å². The number of nitrogens with one attached hydrogen (secondary N) is 2. The molecular formula is C24H20BrFN2O3S. The van der Waals surface area contributed by atoms with Gasteiger partial charge in [-0.2, -0.15) is 0 Å². The lowest BCUT2D eigenvalue weighted by Crippen LogP contribution is -2.31. The summed E-state index contributed by atoms with van der Waals surface area (Å²) in [6, 6.07) is 19.8. The van der Waals surface area contributed by atoms with Gasteiger partial charge in [0.2, 0.25) is 0 Å². The molecule has 4 rings (SSSR count). The molecule has 1 heterocycles. The first-order chi connectivity index (χ1) is 15.5. The van der Waals surface area contributed by atoms with Crippen LogP contribution in [0.2, 0.25) is 0 Å². The van der Waals surface area contributed by atoms with E-state index >= 15 is 0 Å². The topological polar surface area (TPSA) is 59.6 Å². The van der Waals surface area contributed by atoms with E-state index in [1.54, 1.807) is 31.4 Å². The first-order valence-electron chi connectivity index (χ1n) is 9.78. The second-order valence-electron chi connectivity index (χ2n) is 6.90. The highest BCUT2D eigenvalue weighted by atomic mass is 79.9. The summed E-state index contributed by atoms with van der Waals surface area (Å²) in [5.74, 6) is 0.533. The lowest BCUT2D eigenvalue weighted by Gasteiger charge is -2.13. The average molecular weight is 515 g/mol. The van der Waals surface area contributed by atoms with Crippen LogP contribution in [-0.2, 0) is 11.4 Å². The molecule has 0 bridgehead atoms. The summed E-state index contributed by atoms with van der Waals surface area (Å²) in [6.45, 7) is 0.408. The maximum Gasteiger partial charge on any atom is 0.260 e. The molecule has 0 saturated carbocycles. The highest BCUT2D eigenvalue weighted by Gasteiger charge is 2.28. The second-order valence-corrected chi connectivity index (χ2v) is 8.90. The SMILES string of the molecule is COc1cc(/C=C2\SC(Nc3ccccc3F)NC2=O)c(Br)cc1OCc1ccccc1. The number of rotatable bonds is 7. The minimum atomic E-state index is -0.472. The monoisotopic (exact) mass is 514 g/mol. The summed E-state index contributed by atoms with van der Waals surface area (Å²) in [5.41, 5.74) is 1.66. The Morgan fingerprint density at radius 3 is 2.62 bits per heavy atom. The van der Waals surface area contributed by atoms with E-state index < -0.39 is 5.50 Å². The van der Waals surface area contributed by atoms with Gasteiger partial charge in [-0.15, -0.1) is 0 Å². The maximum absolute atomic E-state index is 13.9. The van der Waals surface area contributed by atoms with Gasteiger partial charge in [-0.05, 0) is 41.5 Å². The molecule has 1 amide bonds. The Morgan fingerprint density at radius 2 is 1.88 bits per heavy atom. The zero-order valence-corrected chi connectivity index (χ0v) is 19.5. The molecule has 1 atom stereocenters. The number of anilines is 1. The number of hydrogen-bond acceptors (Lipinski definition) is 5. The second kappa shape index (κ2) is 10.1. The lowest BCUT2D eigenvalue weighted by atomic mass is 10.2. The predicted molar refractivity (Wildman–Crippen MR) is 129 cm³/mol. The Hall–Kier alpha value is -2.97. The molecular weight excluding hydrogens is 495 g/mol. The molecule has 0 spiro atoms. The molecule has 0 aromatic heterocycles. The third kappa shape index (κ3) is 5.26. The Kier molecular flexibility index (Phi) is 7.02. The minimum absolute atomic E-state index is 0.237. The molecule has 1 fully saturated rings. The number of benzene rings is 3. The Morgan fingerprint density at radius 1 is 1.12 bits per heavy atom. The van der Waals surface area contributed by atoms with Crippen LogP contribution in [0.5, 0.6) is 11.5 Å². The quantitative estimate of drug-likeness (QED) is 0.391. The molecule has 0 radical (unpaired) electrons. The number of thioether (sulfide) groups is 1. The van der Waals surface area contributed by atoms with Gasteiger partial charge >= 0.3 is 0 Å². The van der Waals surface area contributed by atoms with Gasteiger partial charge in [0.05, 0.1) is 17.7 Å². The van der Waals surface area contributed by atoms with Crippen LogP contribution < -0.4 is 20.1 Å². The molecule has 5 nitrogen and oxygen atoms in total. The first kappa shape index (κ1) is 22.2. The molecule has 164 valence electrons. The summed E-state index contributed by atoms with van der Waals surface area (Å²) < 4.78 is 26.1. The Bertz CT molecular complexity index is 1160.